The molecule has 0 atom stereocenters. The van der Waals surface area contributed by atoms with Gasteiger partial charge >= 0.3 is 0 Å². The first-order valence-electron chi connectivity index (χ1n) is 5.70. The average Bonchev–Trinajstić information content (AvgIpc) is 2.84. The minimum atomic E-state index is -0.383. The van der Waals surface area contributed by atoms with Gasteiger partial charge in [0.2, 0.25) is 0 Å². The summed E-state index contributed by atoms with van der Waals surface area (Å²) in [6.07, 6.45) is 1.55. The molecule has 0 radical (unpaired) electrons. The van der Waals surface area contributed by atoms with Crippen LogP contribution in [-0.4, -0.2) is 15.2 Å². The minimum Gasteiger partial charge on any atom is -0.276 e. The fraction of sp³-hybridized carbons (Fsp3) is 0.0714. The zero-order valence-corrected chi connectivity index (χ0v) is 10.1. The van der Waals surface area contributed by atoms with Gasteiger partial charge in [-0.1, -0.05) is 12.1 Å². The predicted molar refractivity (Wildman–Crippen MR) is 68.7 cm³/mol. The zero-order valence-electron chi connectivity index (χ0n) is 10.1. The van der Waals surface area contributed by atoms with E-state index in [4.69, 9.17) is 0 Å². The van der Waals surface area contributed by atoms with Crippen molar-refractivity contribution in [1.82, 2.24) is 15.2 Å². The maximum absolute atomic E-state index is 14.0. The van der Waals surface area contributed by atoms with E-state index in [2.05, 4.69) is 21.3 Å². The molecule has 4 nitrogen and oxygen atoms in total. The summed E-state index contributed by atoms with van der Waals surface area (Å²) in [5.74, 6) is -0.383. The first-order valence-corrected chi connectivity index (χ1v) is 5.70. The van der Waals surface area contributed by atoms with Crippen molar-refractivity contribution in [2.75, 3.05) is 0 Å². The number of H-pyrrole nitrogens is 1. The molecular weight excluding hydrogens is 243 g/mol. The summed E-state index contributed by atoms with van der Waals surface area (Å²) in [6.45, 7) is 1.79. The van der Waals surface area contributed by atoms with Gasteiger partial charge in [0.1, 0.15) is 17.4 Å². The molecule has 2 aromatic heterocycles. The Kier molecular flexibility index (Phi) is 2.50. The third-order valence-corrected chi connectivity index (χ3v) is 3.00. The van der Waals surface area contributed by atoms with Crippen LogP contribution in [0.2, 0.25) is 0 Å². The van der Waals surface area contributed by atoms with Crippen molar-refractivity contribution in [3.05, 3.63) is 47.4 Å². The van der Waals surface area contributed by atoms with Crippen LogP contribution in [0.4, 0.5) is 4.39 Å². The third-order valence-electron chi connectivity index (χ3n) is 3.00. The number of hydrogen-bond acceptors (Lipinski definition) is 3. The maximum Gasteiger partial charge on any atom is 0.132 e. The molecule has 0 aliphatic carbocycles. The van der Waals surface area contributed by atoms with Gasteiger partial charge in [-0.3, -0.25) is 5.10 Å². The summed E-state index contributed by atoms with van der Waals surface area (Å²) >= 11 is 0. The van der Waals surface area contributed by atoms with Gasteiger partial charge in [0.05, 0.1) is 23.0 Å². The summed E-state index contributed by atoms with van der Waals surface area (Å²) in [4.78, 5) is 4.34. The van der Waals surface area contributed by atoms with Crippen molar-refractivity contribution in [2.45, 2.75) is 6.92 Å². The Hall–Kier alpha value is -2.74. The second-order valence-electron chi connectivity index (χ2n) is 4.23. The third kappa shape index (κ3) is 1.74. The van der Waals surface area contributed by atoms with Crippen molar-refractivity contribution in [3.8, 4) is 17.3 Å². The molecule has 0 saturated carbocycles. The number of aromatic nitrogens is 3. The van der Waals surface area contributed by atoms with Crippen molar-refractivity contribution in [1.29, 1.82) is 5.26 Å². The number of pyridine rings is 1. The number of aromatic amines is 1. The molecule has 1 aromatic carbocycles. The number of rotatable bonds is 1. The first kappa shape index (κ1) is 11.4. The summed E-state index contributed by atoms with van der Waals surface area (Å²) < 4.78 is 14.0. The molecular formula is C14H9FN4. The summed E-state index contributed by atoms with van der Waals surface area (Å²) in [6, 6.07) is 8.48. The van der Waals surface area contributed by atoms with Gasteiger partial charge in [-0.05, 0) is 24.6 Å². The van der Waals surface area contributed by atoms with Crippen molar-refractivity contribution in [2.24, 2.45) is 0 Å². The van der Waals surface area contributed by atoms with Crippen LogP contribution in [0.1, 0.15) is 11.1 Å². The van der Waals surface area contributed by atoms with E-state index in [0.29, 0.717) is 27.9 Å². The lowest BCUT2D eigenvalue weighted by molar-refractivity contribution is 0.629. The van der Waals surface area contributed by atoms with Crippen LogP contribution in [0.3, 0.4) is 0 Å². The highest BCUT2D eigenvalue weighted by Crippen LogP contribution is 2.29. The number of nitriles is 1. The average molecular weight is 252 g/mol. The highest BCUT2D eigenvalue weighted by atomic mass is 19.1. The van der Waals surface area contributed by atoms with Gasteiger partial charge in [-0.2, -0.15) is 10.4 Å². The Bertz CT molecular complexity index is 794. The maximum atomic E-state index is 14.0. The van der Waals surface area contributed by atoms with Gasteiger partial charge in [0, 0.05) is 5.56 Å². The summed E-state index contributed by atoms with van der Waals surface area (Å²) in [5, 5.41) is 15.8. The van der Waals surface area contributed by atoms with E-state index in [1.54, 1.807) is 31.3 Å². The highest BCUT2D eigenvalue weighted by Gasteiger charge is 2.15. The lowest BCUT2D eigenvalue weighted by Crippen LogP contribution is -1.95. The van der Waals surface area contributed by atoms with E-state index in [-0.39, 0.29) is 5.82 Å². The van der Waals surface area contributed by atoms with E-state index in [1.807, 2.05) is 0 Å². The minimum absolute atomic E-state index is 0.324. The van der Waals surface area contributed by atoms with Crippen LogP contribution in [0.25, 0.3) is 22.3 Å². The van der Waals surface area contributed by atoms with E-state index in [1.165, 1.54) is 6.07 Å². The fourth-order valence-corrected chi connectivity index (χ4v) is 2.09. The number of benzene rings is 1. The van der Waals surface area contributed by atoms with Gasteiger partial charge in [-0.25, -0.2) is 9.37 Å². The molecule has 0 fully saturated rings. The Morgan fingerprint density at radius 1 is 1.37 bits per heavy atom. The molecule has 92 valence electrons. The summed E-state index contributed by atoms with van der Waals surface area (Å²) in [7, 11) is 0. The Labute approximate surface area is 108 Å². The van der Waals surface area contributed by atoms with Crippen LogP contribution in [0.5, 0.6) is 0 Å². The molecule has 3 rings (SSSR count). The quantitative estimate of drug-likeness (QED) is 0.724. The van der Waals surface area contributed by atoms with E-state index >= 15 is 0 Å². The molecule has 1 N–H and O–H groups in total. The monoisotopic (exact) mass is 252 g/mol. The van der Waals surface area contributed by atoms with E-state index in [0.717, 1.165) is 5.56 Å². The van der Waals surface area contributed by atoms with Crippen LogP contribution < -0.4 is 0 Å². The number of aryl methyl sites for hydroxylation is 1. The SMILES string of the molecule is Cc1cccc(F)c1-c1nc2cn[nH]c2cc1C#N. The smallest absolute Gasteiger partial charge is 0.132 e. The second-order valence-corrected chi connectivity index (χ2v) is 4.23. The molecule has 0 aliphatic heterocycles. The standard InChI is InChI=1S/C14H9FN4/c1-8-3-2-4-10(15)13(8)14-9(6-16)5-11-12(18-14)7-17-19-11/h2-5,7H,1H3,(H,17,19). The van der Waals surface area contributed by atoms with Crippen LogP contribution in [-0.2, 0) is 0 Å². The molecule has 0 unspecified atom stereocenters. The second kappa shape index (κ2) is 4.18. The topological polar surface area (TPSA) is 65.4 Å². The van der Waals surface area contributed by atoms with Gasteiger partial charge in [0.25, 0.3) is 0 Å². The molecule has 0 bridgehead atoms. The van der Waals surface area contributed by atoms with Crippen LogP contribution in [0, 0.1) is 24.1 Å². The van der Waals surface area contributed by atoms with Gasteiger partial charge < -0.3 is 0 Å². The molecule has 0 aliphatic rings. The van der Waals surface area contributed by atoms with Crippen molar-refractivity contribution >= 4 is 11.0 Å². The Morgan fingerprint density at radius 3 is 2.95 bits per heavy atom. The van der Waals surface area contributed by atoms with E-state index in [9.17, 15) is 9.65 Å². The molecule has 2 heterocycles. The number of nitrogens with one attached hydrogen (secondary N) is 1. The largest absolute Gasteiger partial charge is 0.276 e. The van der Waals surface area contributed by atoms with Crippen LogP contribution >= 0.6 is 0 Å². The molecule has 0 saturated heterocycles. The number of fused-ring (bicyclic) bond motifs is 1. The number of halogens is 1. The number of hydrogen-bond donors (Lipinski definition) is 1. The zero-order chi connectivity index (χ0) is 13.4. The van der Waals surface area contributed by atoms with E-state index < -0.39 is 0 Å². The summed E-state index contributed by atoms with van der Waals surface area (Å²) in [5.41, 5.74) is 3.05. The number of nitrogens with zero attached hydrogens (tertiary/aromatic N) is 3. The molecule has 5 heteroatoms. The first-order chi connectivity index (χ1) is 9.20. The normalized spacial score (nSPS) is 10.6. The lowest BCUT2D eigenvalue weighted by Gasteiger charge is -2.08. The Balaban J connectivity index is 2.38. The molecule has 0 amide bonds. The van der Waals surface area contributed by atoms with Gasteiger partial charge in [-0.15, -0.1) is 0 Å². The van der Waals surface area contributed by atoms with Gasteiger partial charge in [0.15, 0.2) is 0 Å². The van der Waals surface area contributed by atoms with Crippen molar-refractivity contribution < 1.29 is 4.39 Å². The Morgan fingerprint density at radius 2 is 2.21 bits per heavy atom. The molecule has 0 spiro atoms. The molecule has 3 aromatic rings. The predicted octanol–water partition coefficient (Wildman–Crippen LogP) is 2.94. The highest BCUT2D eigenvalue weighted by molar-refractivity contribution is 5.82. The van der Waals surface area contributed by atoms with Crippen molar-refractivity contribution in [3.63, 3.8) is 0 Å². The van der Waals surface area contributed by atoms with Crippen LogP contribution in [0.15, 0.2) is 30.5 Å². The lowest BCUT2D eigenvalue weighted by atomic mass is 10.0. The fourth-order valence-electron chi connectivity index (χ4n) is 2.09. The molecule has 19 heavy (non-hydrogen) atoms.